The van der Waals surface area contributed by atoms with E-state index in [1.165, 1.54) is 44.9 Å². The van der Waals surface area contributed by atoms with E-state index < -0.39 is 36.7 Å². The Kier molecular flexibility index (Phi) is 60.4. The number of carbonyl (C=O) groups excluding carboxylic acids is 4. The van der Waals surface area contributed by atoms with E-state index in [9.17, 15) is 39.6 Å². The van der Waals surface area contributed by atoms with Crippen molar-refractivity contribution in [3.8, 4) is 0 Å². The van der Waals surface area contributed by atoms with Crippen LogP contribution in [0, 0.1) is 0 Å². The summed E-state index contributed by atoms with van der Waals surface area (Å²) in [5, 5.41) is 37.1. The van der Waals surface area contributed by atoms with Crippen LogP contribution in [0.15, 0.2) is 0 Å². The predicted octanol–water partition coefficient (Wildman–Crippen LogP) is -4.29. The minimum atomic E-state index is -1.63. The van der Waals surface area contributed by atoms with Crippen molar-refractivity contribution < 1.29 is 81.7 Å². The van der Waals surface area contributed by atoms with Crippen molar-refractivity contribution in [3.63, 3.8) is 0 Å². The number of hydrogen-bond acceptors (Lipinski definition) is 12. The van der Waals surface area contributed by atoms with E-state index in [0.29, 0.717) is 0 Å². The quantitative estimate of drug-likeness (QED) is 0.108. The molecule has 0 aliphatic rings. The van der Waals surface area contributed by atoms with Gasteiger partial charge in [0.25, 0.3) is 0 Å². The van der Waals surface area contributed by atoms with Gasteiger partial charge >= 0.3 is 42.1 Å². The molecule has 0 amide bonds. The molecule has 14 heteroatoms. The van der Waals surface area contributed by atoms with Gasteiger partial charge in [-0.3, -0.25) is 0 Å². The monoisotopic (exact) mass is 786 g/mol. The summed E-state index contributed by atoms with van der Waals surface area (Å²) >= 11 is 0. The summed E-state index contributed by atoms with van der Waals surface area (Å²) in [5.41, 5.74) is 10.7. The number of hydrogen-bond donors (Lipinski definition) is 4. The molecule has 0 aromatic rings. The summed E-state index contributed by atoms with van der Waals surface area (Å²) in [4.78, 5) is 37.1. The van der Waals surface area contributed by atoms with E-state index in [-0.39, 0.29) is 54.4 Å². The van der Waals surface area contributed by atoms with Crippen LogP contribution in [0.3, 0.4) is 0 Å². The van der Waals surface area contributed by atoms with Crippen molar-refractivity contribution in [1.82, 2.24) is 12.3 Å². The molecule has 10 N–H and O–H groups in total. The first kappa shape index (κ1) is 46.4. The molecule has 0 aromatic heterocycles. The van der Waals surface area contributed by atoms with Crippen molar-refractivity contribution in [2.75, 3.05) is 13.1 Å². The topological polar surface area (TPSA) is 283 Å². The van der Waals surface area contributed by atoms with Gasteiger partial charge in [-0.05, 0) is 25.9 Å². The normalized spacial score (nSPS) is 7.79. The molecule has 0 aromatic carbocycles. The Labute approximate surface area is 199 Å². The van der Waals surface area contributed by atoms with Crippen LogP contribution in [-0.4, -0.2) is 37.0 Å². The Hall–Kier alpha value is -0.903. The Morgan fingerprint density at radius 2 is 0.655 bits per heavy atom. The van der Waals surface area contributed by atoms with Gasteiger partial charge in [0.05, 0.1) is 0 Å². The van der Waals surface area contributed by atoms with Crippen LogP contribution in [0.2, 0.25) is 0 Å². The average Bonchev–Trinajstić information content (AvgIpc) is 2.45. The Bertz CT molecular complexity index is 333. The predicted molar refractivity (Wildman–Crippen MR) is 89.7 cm³/mol. The molecule has 0 saturated heterocycles. The van der Waals surface area contributed by atoms with Gasteiger partial charge in [-0.25, -0.2) is 0 Å². The van der Waals surface area contributed by atoms with Crippen molar-refractivity contribution >= 4 is 23.9 Å². The molecule has 12 nitrogen and oxygen atoms in total. The summed E-state index contributed by atoms with van der Waals surface area (Å²) in [6, 6.07) is 0. The van der Waals surface area contributed by atoms with Gasteiger partial charge in [0, 0.05) is 36.7 Å². The van der Waals surface area contributed by atoms with Crippen LogP contribution in [0.25, 0.3) is 0 Å². The maximum absolute atomic E-state index is 9.28. The minimum absolute atomic E-state index is 0. The summed E-state index contributed by atoms with van der Waals surface area (Å²) in [6.45, 7) is 1.70. The van der Waals surface area contributed by atoms with Crippen molar-refractivity contribution in [1.29, 1.82) is 0 Å². The molecular formula is C15H32N4O8Pt2+4. The zero-order valence-corrected chi connectivity index (χ0v) is 20.8. The number of carbonyl (C=O) groups is 4. The molecule has 29 heavy (non-hydrogen) atoms. The summed E-state index contributed by atoms with van der Waals surface area (Å²) in [5.74, 6) is -6.50. The van der Waals surface area contributed by atoms with E-state index in [1.54, 1.807) is 0 Å². The van der Waals surface area contributed by atoms with Gasteiger partial charge in [-0.1, -0.05) is 32.1 Å². The van der Waals surface area contributed by atoms with Gasteiger partial charge in [-0.2, -0.15) is 0 Å². The van der Waals surface area contributed by atoms with Crippen LogP contribution >= 0.6 is 0 Å². The van der Waals surface area contributed by atoms with Gasteiger partial charge in [-0.15, -0.1) is 0 Å². The average molecular weight is 787 g/mol. The smallest absolute Gasteiger partial charge is 0.550 e. The van der Waals surface area contributed by atoms with E-state index in [2.05, 4.69) is 0 Å². The molecule has 0 saturated carbocycles. The first-order valence-electron chi connectivity index (χ1n) is 7.86. The maximum Gasteiger partial charge on any atom is 4.00 e. The van der Waals surface area contributed by atoms with Gasteiger partial charge in [0.15, 0.2) is 0 Å². The third-order valence-corrected chi connectivity index (χ3v) is 2.49. The molecule has 0 aliphatic carbocycles. The summed E-state index contributed by atoms with van der Waals surface area (Å²) in [7, 11) is 0. The largest absolute Gasteiger partial charge is 4.00 e. The number of rotatable bonds is 12. The molecule has 0 unspecified atom stereocenters. The van der Waals surface area contributed by atoms with Crippen LogP contribution in [0.1, 0.15) is 57.8 Å². The van der Waals surface area contributed by atoms with E-state index in [1.807, 2.05) is 0 Å². The zero-order chi connectivity index (χ0) is 20.1. The SMILES string of the molecule is N.N.NCCCCCCCCCN.O=C([O-])CC(=O)[O-].O=C([O-])CC(=O)[O-].[Pt+4].[Pt+4]. The standard InChI is InChI=1S/C9H22N2.2C3H4O4.2H3N.2Pt/c10-8-6-4-2-1-3-5-7-9-11;2*4-2(5)1-3(6)7;;;;/h1-11H2;2*1H2,(H,4,5)(H,6,7);2*1H3;;/q;;;;;2*+4/p-4. The fourth-order valence-corrected chi connectivity index (χ4v) is 1.41. The molecule has 0 atom stereocenters. The molecule has 0 rings (SSSR count). The van der Waals surface area contributed by atoms with Crippen LogP contribution < -0.4 is 44.2 Å². The van der Waals surface area contributed by atoms with Crippen LogP contribution in [-0.2, 0) is 61.3 Å². The second kappa shape index (κ2) is 37.8. The summed E-state index contributed by atoms with van der Waals surface area (Å²) in [6.07, 6.45) is 7.00. The Balaban J connectivity index is -0.0000000484. The van der Waals surface area contributed by atoms with Gasteiger partial charge < -0.3 is 63.4 Å². The fourth-order valence-electron chi connectivity index (χ4n) is 1.41. The Morgan fingerprint density at radius 1 is 0.483 bits per heavy atom. The van der Waals surface area contributed by atoms with Crippen LogP contribution in [0.4, 0.5) is 0 Å². The van der Waals surface area contributed by atoms with Crippen molar-refractivity contribution in [3.05, 3.63) is 0 Å². The van der Waals surface area contributed by atoms with E-state index in [4.69, 9.17) is 11.5 Å². The molecule has 0 radical (unpaired) electrons. The maximum atomic E-state index is 9.28. The third kappa shape index (κ3) is 74.9. The molecule has 0 bridgehead atoms. The number of aliphatic carboxylic acids is 4. The molecule has 0 heterocycles. The fraction of sp³-hybridized carbons (Fsp3) is 0.733. The first-order valence-corrected chi connectivity index (χ1v) is 7.86. The number of carboxylic acids is 4. The van der Waals surface area contributed by atoms with Gasteiger partial charge in [0.2, 0.25) is 0 Å². The second-order valence-electron chi connectivity index (χ2n) is 4.89. The van der Waals surface area contributed by atoms with Crippen LogP contribution in [0.5, 0.6) is 0 Å². The minimum Gasteiger partial charge on any atom is -0.550 e. The molecular weight excluding hydrogens is 754 g/mol. The first-order chi connectivity index (χ1) is 11.7. The number of unbranched alkanes of at least 4 members (excludes halogenated alkanes) is 6. The molecule has 0 spiro atoms. The van der Waals surface area contributed by atoms with Gasteiger partial charge in [0.1, 0.15) is 0 Å². The van der Waals surface area contributed by atoms with E-state index in [0.717, 1.165) is 13.1 Å². The van der Waals surface area contributed by atoms with Crippen molar-refractivity contribution in [2.24, 2.45) is 11.5 Å². The second-order valence-corrected chi connectivity index (χ2v) is 4.89. The zero-order valence-electron chi connectivity index (χ0n) is 16.2. The van der Waals surface area contributed by atoms with Crippen molar-refractivity contribution in [2.45, 2.75) is 57.8 Å². The Morgan fingerprint density at radius 3 is 0.759 bits per heavy atom. The molecule has 0 fully saturated rings. The molecule has 176 valence electrons. The van der Waals surface area contributed by atoms with E-state index >= 15 is 0 Å². The number of carboxylic acid groups (broad SMARTS) is 4. The number of nitrogens with two attached hydrogens (primary N) is 2. The molecule has 0 aliphatic heterocycles. The summed E-state index contributed by atoms with van der Waals surface area (Å²) < 4.78 is 0. The third-order valence-electron chi connectivity index (χ3n) is 2.49.